The zero-order valence-corrected chi connectivity index (χ0v) is 8.95. The molecule has 1 heterocycles. The van der Waals surface area contributed by atoms with E-state index in [0.717, 1.165) is 0 Å². The molecule has 17 heavy (non-hydrogen) atoms. The molecule has 2 aromatic rings. The van der Waals surface area contributed by atoms with Crippen molar-refractivity contribution in [2.24, 2.45) is 0 Å². The number of aliphatic hydroxyl groups is 1. The van der Waals surface area contributed by atoms with Gasteiger partial charge in [0.2, 0.25) is 0 Å². The maximum absolute atomic E-state index is 9.80. The summed E-state index contributed by atoms with van der Waals surface area (Å²) in [6.07, 6.45) is 2.72. The van der Waals surface area contributed by atoms with Gasteiger partial charge in [0, 0.05) is 6.07 Å². The molecule has 6 heteroatoms. The van der Waals surface area contributed by atoms with Crippen molar-refractivity contribution >= 4 is 0 Å². The summed E-state index contributed by atoms with van der Waals surface area (Å²) in [5.41, 5.74) is 0.503. The zero-order valence-electron chi connectivity index (χ0n) is 8.95. The van der Waals surface area contributed by atoms with Gasteiger partial charge < -0.3 is 14.9 Å². The molecule has 0 bridgehead atoms. The van der Waals surface area contributed by atoms with E-state index in [0.29, 0.717) is 17.1 Å². The number of hydrogen-bond donors (Lipinski definition) is 2. The van der Waals surface area contributed by atoms with Gasteiger partial charge in [0.05, 0.1) is 12.2 Å². The summed E-state index contributed by atoms with van der Waals surface area (Å²) in [5.74, 6) is 0.896. The Bertz CT molecular complexity index is 491. The smallest absolute Gasteiger partial charge is 0.166 e. The number of aliphatic hydroxyl groups excluding tert-OH is 1. The van der Waals surface area contributed by atoms with Crippen LogP contribution in [0, 0.1) is 0 Å². The second-order valence-corrected chi connectivity index (χ2v) is 3.21. The highest BCUT2D eigenvalue weighted by molar-refractivity contribution is 5.64. The number of nitrogens with zero attached hydrogens (tertiary/aromatic N) is 3. The lowest BCUT2D eigenvalue weighted by atomic mass is 10.2. The summed E-state index contributed by atoms with van der Waals surface area (Å²) in [5, 5.41) is 18.4. The zero-order chi connectivity index (χ0) is 12.1. The molecule has 0 atom stereocenters. The predicted molar refractivity (Wildman–Crippen MR) is 59.5 cm³/mol. The summed E-state index contributed by atoms with van der Waals surface area (Å²) in [6, 6.07) is 4.78. The largest absolute Gasteiger partial charge is 0.507 e. The molecule has 6 nitrogen and oxygen atoms in total. The highest BCUT2D eigenvalue weighted by Crippen LogP contribution is 2.29. The molecule has 0 spiro atoms. The third kappa shape index (κ3) is 2.67. The Kier molecular flexibility index (Phi) is 3.46. The summed E-state index contributed by atoms with van der Waals surface area (Å²) in [7, 11) is 0. The fraction of sp³-hybridized carbons (Fsp3) is 0.182. The highest BCUT2D eigenvalue weighted by atomic mass is 16.5. The van der Waals surface area contributed by atoms with Crippen LogP contribution in [0.4, 0.5) is 0 Å². The normalized spacial score (nSPS) is 10.2. The van der Waals surface area contributed by atoms with Crippen molar-refractivity contribution in [1.29, 1.82) is 0 Å². The van der Waals surface area contributed by atoms with Gasteiger partial charge in [0.25, 0.3) is 0 Å². The first-order valence-electron chi connectivity index (χ1n) is 5.00. The van der Waals surface area contributed by atoms with E-state index >= 15 is 0 Å². The minimum Gasteiger partial charge on any atom is -0.507 e. The lowest BCUT2D eigenvalue weighted by Crippen LogP contribution is -2.01. The number of benzene rings is 1. The van der Waals surface area contributed by atoms with Gasteiger partial charge >= 0.3 is 0 Å². The average molecular weight is 233 g/mol. The van der Waals surface area contributed by atoms with E-state index in [1.807, 2.05) is 0 Å². The van der Waals surface area contributed by atoms with Crippen molar-refractivity contribution < 1.29 is 14.9 Å². The standard InChI is InChI=1S/C11H11N3O3/c15-3-4-17-8-1-2-9(10(16)5-8)11-13-6-12-7-14-11/h1-2,5-7,15-16H,3-4H2. The van der Waals surface area contributed by atoms with Crippen molar-refractivity contribution in [3.05, 3.63) is 30.9 Å². The van der Waals surface area contributed by atoms with Gasteiger partial charge in [-0.2, -0.15) is 0 Å². The average Bonchev–Trinajstić information content (AvgIpc) is 2.37. The van der Waals surface area contributed by atoms with Gasteiger partial charge in [-0.1, -0.05) is 0 Å². The molecule has 0 aliphatic heterocycles. The number of hydrogen-bond acceptors (Lipinski definition) is 6. The van der Waals surface area contributed by atoms with Gasteiger partial charge in [0.1, 0.15) is 30.8 Å². The Morgan fingerprint density at radius 3 is 2.59 bits per heavy atom. The molecule has 0 aliphatic rings. The monoisotopic (exact) mass is 233 g/mol. The van der Waals surface area contributed by atoms with Gasteiger partial charge in [0.15, 0.2) is 5.82 Å². The fourth-order valence-corrected chi connectivity index (χ4v) is 1.33. The number of ether oxygens (including phenoxy) is 1. The fourth-order valence-electron chi connectivity index (χ4n) is 1.33. The Morgan fingerprint density at radius 2 is 1.94 bits per heavy atom. The van der Waals surface area contributed by atoms with E-state index in [1.165, 1.54) is 18.7 Å². The summed E-state index contributed by atoms with van der Waals surface area (Å²) in [4.78, 5) is 11.6. The second-order valence-electron chi connectivity index (χ2n) is 3.21. The second kappa shape index (κ2) is 5.22. The molecule has 0 radical (unpaired) electrons. The molecule has 0 aliphatic carbocycles. The van der Waals surface area contributed by atoms with Crippen LogP contribution in [0.5, 0.6) is 11.5 Å². The molecule has 2 rings (SSSR count). The van der Waals surface area contributed by atoms with Gasteiger partial charge in [-0.3, -0.25) is 0 Å². The Balaban J connectivity index is 2.26. The quantitative estimate of drug-likeness (QED) is 0.804. The van der Waals surface area contributed by atoms with Crippen molar-refractivity contribution in [2.75, 3.05) is 13.2 Å². The number of rotatable bonds is 4. The van der Waals surface area contributed by atoms with Crippen LogP contribution in [0.15, 0.2) is 30.9 Å². The van der Waals surface area contributed by atoms with E-state index < -0.39 is 0 Å². The molecular weight excluding hydrogens is 222 g/mol. The number of aromatic hydroxyl groups is 1. The van der Waals surface area contributed by atoms with E-state index in [1.54, 1.807) is 12.1 Å². The topological polar surface area (TPSA) is 88.4 Å². The van der Waals surface area contributed by atoms with E-state index in [9.17, 15) is 5.11 Å². The lowest BCUT2D eigenvalue weighted by Gasteiger charge is -2.07. The van der Waals surface area contributed by atoms with E-state index in [2.05, 4.69) is 15.0 Å². The Hall–Kier alpha value is -2.21. The van der Waals surface area contributed by atoms with Gasteiger partial charge in [-0.25, -0.2) is 15.0 Å². The van der Waals surface area contributed by atoms with Crippen LogP contribution in [0.25, 0.3) is 11.4 Å². The molecule has 1 aromatic carbocycles. The molecule has 0 saturated heterocycles. The van der Waals surface area contributed by atoms with E-state index in [-0.39, 0.29) is 19.0 Å². The molecular formula is C11H11N3O3. The van der Waals surface area contributed by atoms with Crippen LogP contribution in [0.1, 0.15) is 0 Å². The number of aromatic nitrogens is 3. The van der Waals surface area contributed by atoms with Crippen LogP contribution in [-0.2, 0) is 0 Å². The van der Waals surface area contributed by atoms with Crippen LogP contribution >= 0.6 is 0 Å². The van der Waals surface area contributed by atoms with E-state index in [4.69, 9.17) is 9.84 Å². The lowest BCUT2D eigenvalue weighted by molar-refractivity contribution is 0.201. The molecule has 2 N–H and O–H groups in total. The molecule has 0 amide bonds. The van der Waals surface area contributed by atoms with Crippen molar-refractivity contribution in [2.45, 2.75) is 0 Å². The first-order chi connectivity index (χ1) is 8.31. The first-order valence-corrected chi connectivity index (χ1v) is 5.00. The first kappa shape index (κ1) is 11.3. The van der Waals surface area contributed by atoms with Crippen molar-refractivity contribution in [1.82, 2.24) is 15.0 Å². The maximum Gasteiger partial charge on any atom is 0.166 e. The van der Waals surface area contributed by atoms with Crippen molar-refractivity contribution in [3.8, 4) is 22.9 Å². The molecule has 0 fully saturated rings. The van der Waals surface area contributed by atoms with Crippen LogP contribution in [0.3, 0.4) is 0 Å². The van der Waals surface area contributed by atoms with Crippen LogP contribution < -0.4 is 4.74 Å². The van der Waals surface area contributed by atoms with Crippen LogP contribution in [0.2, 0.25) is 0 Å². The predicted octanol–water partition coefficient (Wildman–Crippen LogP) is 0.615. The van der Waals surface area contributed by atoms with Crippen molar-refractivity contribution in [3.63, 3.8) is 0 Å². The number of phenols is 1. The third-order valence-electron chi connectivity index (χ3n) is 2.06. The molecule has 88 valence electrons. The Labute approximate surface area is 97.6 Å². The van der Waals surface area contributed by atoms with Crippen LogP contribution in [-0.4, -0.2) is 38.4 Å². The molecule has 0 saturated carbocycles. The SMILES string of the molecule is OCCOc1ccc(-c2ncncn2)c(O)c1. The number of phenolic OH excluding ortho intramolecular Hbond substituents is 1. The molecule has 0 unspecified atom stereocenters. The minimum atomic E-state index is -0.0734. The summed E-state index contributed by atoms with van der Waals surface area (Å²) in [6.45, 7) is 0.112. The third-order valence-corrected chi connectivity index (χ3v) is 2.06. The Morgan fingerprint density at radius 1 is 1.18 bits per heavy atom. The van der Waals surface area contributed by atoms with Gasteiger partial charge in [-0.05, 0) is 12.1 Å². The summed E-state index contributed by atoms with van der Waals surface area (Å²) >= 11 is 0. The highest BCUT2D eigenvalue weighted by Gasteiger charge is 2.08. The van der Waals surface area contributed by atoms with Gasteiger partial charge in [-0.15, -0.1) is 0 Å². The maximum atomic E-state index is 9.80. The summed E-state index contributed by atoms with van der Waals surface area (Å²) < 4.78 is 5.16. The molecule has 1 aromatic heterocycles. The minimum absolute atomic E-state index is 0.0200.